The molecule has 3 aromatic rings. The lowest BCUT2D eigenvalue weighted by Gasteiger charge is -2.31. The van der Waals surface area contributed by atoms with Crippen molar-refractivity contribution in [2.75, 3.05) is 7.11 Å². The zero-order valence-corrected chi connectivity index (χ0v) is 17.1. The first-order chi connectivity index (χ1) is 13.6. The highest BCUT2D eigenvalue weighted by molar-refractivity contribution is 7.80. The molecule has 0 unspecified atom stereocenters. The summed E-state index contributed by atoms with van der Waals surface area (Å²) >= 11 is 5.70. The molecular weight excluding hydrogens is 368 g/mol. The molecule has 0 amide bonds. The van der Waals surface area contributed by atoms with Crippen LogP contribution in [0.5, 0.6) is 5.75 Å². The Kier molecular flexibility index (Phi) is 5.05. The lowest BCUT2D eigenvalue weighted by atomic mass is 10.0. The SMILES string of the molecule is COc1cccc(-n2cccc2[C@@H]2[C@@H](c3ccccn3)NC(=S)N2C(C)C)c1. The predicted molar refractivity (Wildman–Crippen MR) is 115 cm³/mol. The second-order valence-corrected chi connectivity index (χ2v) is 7.52. The lowest BCUT2D eigenvalue weighted by molar-refractivity contribution is 0.262. The van der Waals surface area contributed by atoms with Gasteiger partial charge in [-0.25, -0.2) is 0 Å². The van der Waals surface area contributed by atoms with Crippen LogP contribution in [0.4, 0.5) is 0 Å². The molecule has 28 heavy (non-hydrogen) atoms. The van der Waals surface area contributed by atoms with Gasteiger partial charge in [-0.1, -0.05) is 12.1 Å². The smallest absolute Gasteiger partial charge is 0.170 e. The Morgan fingerprint density at radius 1 is 1.11 bits per heavy atom. The Hall–Kier alpha value is -2.86. The summed E-state index contributed by atoms with van der Waals surface area (Å²) in [5.74, 6) is 0.833. The Labute approximate surface area is 171 Å². The number of nitrogens with zero attached hydrogens (tertiary/aromatic N) is 3. The van der Waals surface area contributed by atoms with E-state index in [-0.39, 0.29) is 18.1 Å². The summed E-state index contributed by atoms with van der Waals surface area (Å²) in [5.41, 5.74) is 3.20. The van der Waals surface area contributed by atoms with Crippen molar-refractivity contribution in [2.45, 2.75) is 32.0 Å². The van der Waals surface area contributed by atoms with Crippen LogP contribution in [0.1, 0.15) is 37.3 Å². The van der Waals surface area contributed by atoms with Gasteiger partial charge in [-0.05, 0) is 62.5 Å². The molecule has 0 bridgehead atoms. The molecule has 2 atom stereocenters. The molecule has 1 fully saturated rings. The summed E-state index contributed by atoms with van der Waals surface area (Å²) in [6.07, 6.45) is 3.91. The molecule has 6 heteroatoms. The average molecular weight is 393 g/mol. The van der Waals surface area contributed by atoms with Crippen molar-refractivity contribution in [1.29, 1.82) is 0 Å². The molecule has 144 valence electrons. The van der Waals surface area contributed by atoms with Crippen LogP contribution in [-0.2, 0) is 0 Å². The normalized spacial score (nSPS) is 19.1. The average Bonchev–Trinajstić information content (AvgIpc) is 3.32. The minimum absolute atomic E-state index is 0.0182. The maximum absolute atomic E-state index is 5.70. The zero-order chi connectivity index (χ0) is 19.7. The van der Waals surface area contributed by atoms with E-state index in [2.05, 4.69) is 64.1 Å². The number of nitrogens with one attached hydrogen (secondary N) is 1. The fourth-order valence-electron chi connectivity index (χ4n) is 3.87. The van der Waals surface area contributed by atoms with Crippen molar-refractivity contribution in [2.24, 2.45) is 0 Å². The van der Waals surface area contributed by atoms with Gasteiger partial charge < -0.3 is 19.5 Å². The van der Waals surface area contributed by atoms with E-state index in [4.69, 9.17) is 17.0 Å². The molecule has 0 spiro atoms. The van der Waals surface area contributed by atoms with Crippen LogP contribution < -0.4 is 10.1 Å². The van der Waals surface area contributed by atoms with Gasteiger partial charge >= 0.3 is 0 Å². The number of pyridine rings is 1. The fraction of sp³-hybridized carbons (Fsp3) is 0.273. The highest BCUT2D eigenvalue weighted by atomic mass is 32.1. The number of hydrogen-bond donors (Lipinski definition) is 1. The van der Waals surface area contributed by atoms with Crippen LogP contribution >= 0.6 is 12.2 Å². The molecule has 1 N–H and O–H groups in total. The van der Waals surface area contributed by atoms with Gasteiger partial charge in [-0.15, -0.1) is 0 Å². The quantitative estimate of drug-likeness (QED) is 0.657. The van der Waals surface area contributed by atoms with Gasteiger partial charge in [0, 0.05) is 35.9 Å². The highest BCUT2D eigenvalue weighted by Crippen LogP contribution is 2.40. The first-order valence-electron chi connectivity index (χ1n) is 9.41. The number of rotatable bonds is 5. The van der Waals surface area contributed by atoms with Gasteiger partial charge in [0.05, 0.1) is 24.9 Å². The van der Waals surface area contributed by atoms with E-state index in [0.717, 1.165) is 27.9 Å². The van der Waals surface area contributed by atoms with E-state index in [1.54, 1.807) is 7.11 Å². The topological polar surface area (TPSA) is 42.3 Å². The van der Waals surface area contributed by atoms with Crippen LogP contribution in [-0.4, -0.2) is 32.7 Å². The molecular formula is C22H24N4OS. The van der Waals surface area contributed by atoms with E-state index < -0.39 is 0 Å². The van der Waals surface area contributed by atoms with Crippen molar-refractivity contribution >= 4 is 17.3 Å². The van der Waals surface area contributed by atoms with Crippen molar-refractivity contribution < 1.29 is 4.74 Å². The third kappa shape index (κ3) is 3.24. The third-order valence-corrected chi connectivity index (χ3v) is 5.44. The monoisotopic (exact) mass is 392 g/mol. The molecule has 3 heterocycles. The van der Waals surface area contributed by atoms with E-state index in [9.17, 15) is 0 Å². The molecule has 1 aliphatic rings. The van der Waals surface area contributed by atoms with E-state index in [0.29, 0.717) is 0 Å². The largest absolute Gasteiger partial charge is 0.497 e. The molecule has 1 saturated heterocycles. The van der Waals surface area contributed by atoms with Gasteiger partial charge in [-0.3, -0.25) is 4.98 Å². The summed E-state index contributed by atoms with van der Waals surface area (Å²) in [6.45, 7) is 4.33. The van der Waals surface area contributed by atoms with Crippen molar-refractivity contribution in [3.8, 4) is 11.4 Å². The molecule has 1 aromatic carbocycles. The number of benzene rings is 1. The first kappa shape index (κ1) is 18.5. The van der Waals surface area contributed by atoms with Crippen LogP contribution in [0.15, 0.2) is 67.0 Å². The van der Waals surface area contributed by atoms with Gasteiger partial charge in [0.25, 0.3) is 0 Å². The van der Waals surface area contributed by atoms with Crippen molar-refractivity contribution in [3.63, 3.8) is 0 Å². The second-order valence-electron chi connectivity index (χ2n) is 7.13. The minimum Gasteiger partial charge on any atom is -0.497 e. The maximum atomic E-state index is 5.70. The third-order valence-electron chi connectivity index (χ3n) is 5.11. The fourth-order valence-corrected chi connectivity index (χ4v) is 4.32. The van der Waals surface area contributed by atoms with Crippen LogP contribution in [0.2, 0.25) is 0 Å². The Bertz CT molecular complexity index is 969. The second kappa shape index (κ2) is 7.64. The number of aromatic nitrogens is 2. The summed E-state index contributed by atoms with van der Waals surface area (Å²) in [5, 5.41) is 4.26. The van der Waals surface area contributed by atoms with Crippen LogP contribution in [0.25, 0.3) is 5.69 Å². The molecule has 2 aromatic heterocycles. The number of hydrogen-bond acceptors (Lipinski definition) is 3. The number of methoxy groups -OCH3 is 1. The molecule has 0 saturated carbocycles. The Balaban J connectivity index is 1.83. The molecule has 1 aliphatic heterocycles. The molecule has 4 rings (SSSR count). The summed E-state index contributed by atoms with van der Waals surface area (Å²) in [7, 11) is 1.69. The van der Waals surface area contributed by atoms with E-state index >= 15 is 0 Å². The van der Waals surface area contributed by atoms with Gasteiger partial charge in [0.15, 0.2) is 5.11 Å². The molecule has 5 nitrogen and oxygen atoms in total. The highest BCUT2D eigenvalue weighted by Gasteiger charge is 2.42. The van der Waals surface area contributed by atoms with Crippen LogP contribution in [0.3, 0.4) is 0 Å². The van der Waals surface area contributed by atoms with E-state index in [1.165, 1.54) is 0 Å². The van der Waals surface area contributed by atoms with E-state index in [1.807, 2.05) is 36.5 Å². The number of ether oxygens (including phenoxy) is 1. The van der Waals surface area contributed by atoms with Crippen LogP contribution in [0, 0.1) is 0 Å². The maximum Gasteiger partial charge on any atom is 0.170 e. The molecule has 0 aliphatic carbocycles. The standard InChI is InChI=1S/C22H24N4OS/c1-15(2)26-21(20(24-22(26)28)18-10-4-5-12-23-18)19-11-7-13-25(19)16-8-6-9-17(14-16)27-3/h4-15,20-21H,1-3H3,(H,24,28)/t20-,21-/m1/s1. The van der Waals surface area contributed by atoms with Gasteiger partial charge in [-0.2, -0.15) is 0 Å². The van der Waals surface area contributed by atoms with Crippen molar-refractivity contribution in [3.05, 3.63) is 78.4 Å². The molecule has 0 radical (unpaired) electrons. The summed E-state index contributed by atoms with van der Waals surface area (Å²) in [6, 6.07) is 18.6. The zero-order valence-electron chi connectivity index (χ0n) is 16.2. The Morgan fingerprint density at radius 2 is 1.96 bits per heavy atom. The lowest BCUT2D eigenvalue weighted by Crippen LogP contribution is -2.36. The van der Waals surface area contributed by atoms with Gasteiger partial charge in [0.1, 0.15) is 5.75 Å². The first-order valence-corrected chi connectivity index (χ1v) is 9.82. The minimum atomic E-state index is -0.0182. The van der Waals surface area contributed by atoms with Gasteiger partial charge in [0.2, 0.25) is 0 Å². The van der Waals surface area contributed by atoms with Crippen molar-refractivity contribution in [1.82, 2.24) is 19.8 Å². The Morgan fingerprint density at radius 3 is 2.68 bits per heavy atom. The summed E-state index contributed by atoms with van der Waals surface area (Å²) in [4.78, 5) is 6.87. The number of thiocarbonyl (C=S) groups is 1. The summed E-state index contributed by atoms with van der Waals surface area (Å²) < 4.78 is 7.62. The predicted octanol–water partition coefficient (Wildman–Crippen LogP) is 4.26.